The summed E-state index contributed by atoms with van der Waals surface area (Å²) in [6.07, 6.45) is 3.52. The van der Waals surface area contributed by atoms with Crippen molar-refractivity contribution in [2.45, 2.75) is 37.4 Å². The summed E-state index contributed by atoms with van der Waals surface area (Å²) < 4.78 is 0. The molecule has 3 atom stereocenters. The fourth-order valence-corrected chi connectivity index (χ4v) is 4.36. The molecular formula is C17H19ClN2OS. The van der Waals surface area contributed by atoms with Gasteiger partial charge < -0.3 is 10.6 Å². The summed E-state index contributed by atoms with van der Waals surface area (Å²) in [5.41, 5.74) is 1.17. The molecule has 1 aromatic heterocycles. The van der Waals surface area contributed by atoms with Gasteiger partial charge in [-0.3, -0.25) is 4.79 Å². The molecule has 0 aliphatic carbocycles. The lowest BCUT2D eigenvalue weighted by molar-refractivity contribution is 0.0935. The van der Waals surface area contributed by atoms with E-state index in [4.69, 9.17) is 0 Å². The van der Waals surface area contributed by atoms with Crippen LogP contribution in [0.1, 0.15) is 28.9 Å². The fourth-order valence-electron chi connectivity index (χ4n) is 3.44. The fraction of sp³-hybridized carbons (Fsp3) is 0.353. The number of halogens is 1. The smallest absolute Gasteiger partial charge is 0.261 e. The second-order valence-electron chi connectivity index (χ2n) is 5.89. The van der Waals surface area contributed by atoms with Crippen LogP contribution in [-0.4, -0.2) is 24.0 Å². The van der Waals surface area contributed by atoms with Gasteiger partial charge in [0.2, 0.25) is 0 Å². The lowest BCUT2D eigenvalue weighted by Crippen LogP contribution is -2.42. The molecule has 0 spiro atoms. The first-order valence-electron chi connectivity index (χ1n) is 7.52. The van der Waals surface area contributed by atoms with E-state index in [1.807, 2.05) is 30.3 Å². The highest BCUT2D eigenvalue weighted by atomic mass is 35.5. The highest BCUT2D eigenvalue weighted by Crippen LogP contribution is 2.30. The molecule has 0 radical (unpaired) electrons. The summed E-state index contributed by atoms with van der Waals surface area (Å²) in [5, 5.41) is 6.75. The largest absolute Gasteiger partial charge is 0.347 e. The van der Waals surface area contributed by atoms with Gasteiger partial charge in [0.25, 0.3) is 5.91 Å². The van der Waals surface area contributed by atoms with Gasteiger partial charge in [0.15, 0.2) is 0 Å². The molecule has 1 amide bonds. The summed E-state index contributed by atoms with van der Waals surface area (Å²) >= 11 is 1.57. The summed E-state index contributed by atoms with van der Waals surface area (Å²) in [6, 6.07) is 15.6. The van der Waals surface area contributed by atoms with Gasteiger partial charge in [0, 0.05) is 23.0 Å². The summed E-state index contributed by atoms with van der Waals surface area (Å²) in [7, 11) is 0. The molecule has 5 heteroatoms. The van der Waals surface area contributed by atoms with Crippen LogP contribution in [0.4, 0.5) is 0 Å². The first kappa shape index (κ1) is 15.5. The quantitative estimate of drug-likeness (QED) is 0.902. The van der Waals surface area contributed by atoms with E-state index in [1.54, 1.807) is 11.3 Å². The van der Waals surface area contributed by atoms with Gasteiger partial charge >= 0.3 is 0 Å². The molecule has 0 unspecified atom stereocenters. The molecule has 2 fully saturated rings. The van der Waals surface area contributed by atoms with Crippen molar-refractivity contribution in [2.24, 2.45) is 0 Å². The van der Waals surface area contributed by atoms with Crippen LogP contribution >= 0.6 is 23.7 Å². The van der Waals surface area contributed by atoms with Gasteiger partial charge in [-0.15, -0.1) is 23.7 Å². The Morgan fingerprint density at radius 1 is 1.14 bits per heavy atom. The zero-order valence-corrected chi connectivity index (χ0v) is 13.8. The number of fused-ring (bicyclic) bond motifs is 2. The standard InChI is InChI=1S/C17H18N2OS.ClH/c20-17(19-14-10-12-6-7-13(14)18-12)16-9-8-15(21-16)11-4-2-1-3-5-11;/h1-5,8-9,12-14,18H,6-7,10H2,(H,19,20);1H/t12-,13+,14-;/m1./s1. The van der Waals surface area contributed by atoms with Crippen LogP contribution in [0.5, 0.6) is 0 Å². The van der Waals surface area contributed by atoms with E-state index in [9.17, 15) is 4.79 Å². The van der Waals surface area contributed by atoms with Crippen LogP contribution < -0.4 is 10.6 Å². The Bertz CT molecular complexity index is 658. The zero-order chi connectivity index (χ0) is 14.2. The number of carbonyl (C=O) groups is 1. The number of carbonyl (C=O) groups excluding carboxylic acids is 1. The van der Waals surface area contributed by atoms with Crippen molar-refractivity contribution in [1.29, 1.82) is 0 Å². The molecule has 1 aromatic carbocycles. The molecule has 2 aliphatic heterocycles. The van der Waals surface area contributed by atoms with Gasteiger partial charge in [-0.2, -0.15) is 0 Å². The predicted octanol–water partition coefficient (Wildman–Crippen LogP) is 3.46. The molecule has 0 saturated carbocycles. The normalized spacial score (nSPS) is 25.7. The number of thiophene rings is 1. The Balaban J connectivity index is 0.00000144. The second kappa shape index (κ2) is 6.41. The van der Waals surface area contributed by atoms with E-state index in [0.717, 1.165) is 16.2 Å². The Hall–Kier alpha value is -1.36. The molecule has 22 heavy (non-hydrogen) atoms. The van der Waals surface area contributed by atoms with Crippen molar-refractivity contribution >= 4 is 29.7 Å². The van der Waals surface area contributed by atoms with Crippen molar-refractivity contribution in [2.75, 3.05) is 0 Å². The van der Waals surface area contributed by atoms with Gasteiger partial charge in [-0.1, -0.05) is 30.3 Å². The molecule has 2 aromatic rings. The van der Waals surface area contributed by atoms with Crippen LogP contribution in [0.25, 0.3) is 10.4 Å². The molecule has 2 aliphatic rings. The highest BCUT2D eigenvalue weighted by Gasteiger charge is 2.39. The maximum Gasteiger partial charge on any atom is 0.261 e. The Morgan fingerprint density at radius 2 is 1.95 bits per heavy atom. The maximum atomic E-state index is 12.4. The number of benzene rings is 1. The third-order valence-electron chi connectivity index (χ3n) is 4.50. The predicted molar refractivity (Wildman–Crippen MR) is 92.8 cm³/mol. The van der Waals surface area contributed by atoms with E-state index < -0.39 is 0 Å². The van der Waals surface area contributed by atoms with Gasteiger partial charge in [0.1, 0.15) is 0 Å². The number of amides is 1. The average Bonchev–Trinajstić information content (AvgIpc) is 3.24. The van der Waals surface area contributed by atoms with Crippen molar-refractivity contribution < 1.29 is 4.79 Å². The van der Waals surface area contributed by atoms with E-state index in [1.165, 1.54) is 18.4 Å². The van der Waals surface area contributed by atoms with Gasteiger partial charge in [-0.05, 0) is 37.0 Å². The molecule has 2 saturated heterocycles. The van der Waals surface area contributed by atoms with Gasteiger partial charge in [-0.25, -0.2) is 0 Å². The molecule has 3 nitrogen and oxygen atoms in total. The first-order valence-corrected chi connectivity index (χ1v) is 8.33. The molecule has 2 N–H and O–H groups in total. The molecular weight excluding hydrogens is 316 g/mol. The second-order valence-corrected chi connectivity index (χ2v) is 6.98. The summed E-state index contributed by atoms with van der Waals surface area (Å²) in [6.45, 7) is 0. The topological polar surface area (TPSA) is 41.1 Å². The third-order valence-corrected chi connectivity index (χ3v) is 5.64. The minimum atomic E-state index is 0. The summed E-state index contributed by atoms with van der Waals surface area (Å²) in [4.78, 5) is 14.3. The monoisotopic (exact) mass is 334 g/mol. The number of nitrogens with one attached hydrogen (secondary N) is 2. The lowest BCUT2D eigenvalue weighted by Gasteiger charge is -2.20. The highest BCUT2D eigenvalue weighted by molar-refractivity contribution is 7.17. The van der Waals surface area contributed by atoms with E-state index in [-0.39, 0.29) is 18.3 Å². The van der Waals surface area contributed by atoms with Crippen molar-refractivity contribution in [3.05, 3.63) is 47.3 Å². The van der Waals surface area contributed by atoms with Crippen molar-refractivity contribution in [1.82, 2.24) is 10.6 Å². The first-order chi connectivity index (χ1) is 10.3. The maximum absolute atomic E-state index is 12.4. The summed E-state index contributed by atoms with van der Waals surface area (Å²) in [5.74, 6) is 0.0709. The number of hydrogen-bond acceptors (Lipinski definition) is 3. The molecule has 4 rings (SSSR count). The molecule has 116 valence electrons. The van der Waals surface area contributed by atoms with E-state index in [0.29, 0.717) is 18.1 Å². The average molecular weight is 335 g/mol. The van der Waals surface area contributed by atoms with Crippen LogP contribution in [0.2, 0.25) is 0 Å². The molecule has 3 heterocycles. The van der Waals surface area contributed by atoms with Crippen LogP contribution in [0.15, 0.2) is 42.5 Å². The number of rotatable bonds is 3. The lowest BCUT2D eigenvalue weighted by atomic mass is 9.95. The van der Waals surface area contributed by atoms with Crippen molar-refractivity contribution in [3.63, 3.8) is 0 Å². The Labute approximate surface area is 140 Å². The Morgan fingerprint density at radius 3 is 2.64 bits per heavy atom. The van der Waals surface area contributed by atoms with Crippen LogP contribution in [0.3, 0.4) is 0 Å². The molecule has 2 bridgehead atoms. The minimum Gasteiger partial charge on any atom is -0.347 e. The van der Waals surface area contributed by atoms with Gasteiger partial charge in [0.05, 0.1) is 4.88 Å². The SMILES string of the molecule is Cl.O=C(N[C@@H]1C[C@H]2CC[C@@H]1N2)c1ccc(-c2ccccc2)s1. The van der Waals surface area contributed by atoms with E-state index >= 15 is 0 Å². The van der Waals surface area contributed by atoms with Crippen LogP contribution in [-0.2, 0) is 0 Å². The zero-order valence-electron chi connectivity index (χ0n) is 12.1. The Kier molecular flexibility index (Phi) is 4.52. The van der Waals surface area contributed by atoms with E-state index in [2.05, 4.69) is 22.8 Å². The third kappa shape index (κ3) is 2.91. The van der Waals surface area contributed by atoms with Crippen LogP contribution in [0, 0.1) is 0 Å². The number of hydrogen-bond donors (Lipinski definition) is 2. The minimum absolute atomic E-state index is 0. The van der Waals surface area contributed by atoms with Crippen molar-refractivity contribution in [3.8, 4) is 10.4 Å².